The highest BCUT2D eigenvalue weighted by molar-refractivity contribution is 6.31. The van der Waals surface area contributed by atoms with Gasteiger partial charge in [-0.25, -0.2) is 0 Å². The number of hydrogen-bond acceptors (Lipinski definition) is 6. The minimum absolute atomic E-state index is 0.0363. The molecule has 2 heterocycles. The molecule has 1 aliphatic rings. The lowest BCUT2D eigenvalue weighted by Crippen LogP contribution is -2.28. The monoisotopic (exact) mass is 502 g/mol. The van der Waals surface area contributed by atoms with E-state index in [1.807, 2.05) is 53.4 Å². The van der Waals surface area contributed by atoms with Crippen LogP contribution in [0.5, 0.6) is 11.5 Å². The smallest absolute Gasteiger partial charge is 0.254 e. The van der Waals surface area contributed by atoms with Crippen LogP contribution < -0.4 is 14.8 Å². The van der Waals surface area contributed by atoms with Gasteiger partial charge < -0.3 is 19.7 Å². The third-order valence-electron chi connectivity index (χ3n) is 6.52. The molecule has 0 atom stereocenters. The van der Waals surface area contributed by atoms with E-state index in [2.05, 4.69) is 15.5 Å². The van der Waals surface area contributed by atoms with Gasteiger partial charge in [0.15, 0.2) is 0 Å². The number of benzene rings is 3. The highest BCUT2D eigenvalue weighted by Crippen LogP contribution is 2.33. The van der Waals surface area contributed by atoms with E-state index < -0.39 is 0 Å². The summed E-state index contributed by atoms with van der Waals surface area (Å²) in [6, 6.07) is 17.1. The zero-order chi connectivity index (χ0) is 25.1. The van der Waals surface area contributed by atoms with Crippen LogP contribution in [0.1, 0.15) is 28.8 Å². The molecule has 0 unspecified atom stereocenters. The number of carbonyl (C=O) groups is 1. The van der Waals surface area contributed by atoms with Crippen LogP contribution in [0.4, 0.5) is 5.69 Å². The first-order valence-corrected chi connectivity index (χ1v) is 12.2. The zero-order valence-electron chi connectivity index (χ0n) is 20.3. The van der Waals surface area contributed by atoms with Crippen LogP contribution in [0.15, 0.2) is 60.8 Å². The molecule has 184 valence electrons. The van der Waals surface area contributed by atoms with Gasteiger partial charge in [0.2, 0.25) is 0 Å². The van der Waals surface area contributed by atoms with Crippen molar-refractivity contribution >= 4 is 34.1 Å². The summed E-state index contributed by atoms with van der Waals surface area (Å²) in [6.45, 7) is 2.12. The number of nitrogens with zero attached hydrogens (tertiary/aromatic N) is 3. The van der Waals surface area contributed by atoms with Crippen molar-refractivity contribution in [3.8, 4) is 22.6 Å². The minimum Gasteiger partial charge on any atom is -0.497 e. The van der Waals surface area contributed by atoms with Gasteiger partial charge in [-0.05, 0) is 66.4 Å². The summed E-state index contributed by atoms with van der Waals surface area (Å²) in [4.78, 5) is 15.1. The largest absolute Gasteiger partial charge is 0.497 e. The number of aromatic nitrogens is 2. The molecular weight excluding hydrogens is 476 g/mol. The Bertz CT molecular complexity index is 1420. The topological polar surface area (TPSA) is 76.6 Å². The van der Waals surface area contributed by atoms with Crippen molar-refractivity contribution in [2.45, 2.75) is 19.4 Å². The second kappa shape index (κ2) is 10.4. The molecule has 3 aromatic carbocycles. The normalized spacial score (nSPS) is 13.1. The van der Waals surface area contributed by atoms with Crippen molar-refractivity contribution in [2.24, 2.45) is 0 Å². The molecule has 1 amide bonds. The molecule has 36 heavy (non-hydrogen) atoms. The Hall–Kier alpha value is -3.84. The van der Waals surface area contributed by atoms with Crippen molar-refractivity contribution < 1.29 is 14.3 Å². The summed E-state index contributed by atoms with van der Waals surface area (Å²) in [6.07, 6.45) is 3.79. The van der Waals surface area contributed by atoms with E-state index in [1.165, 1.54) is 0 Å². The summed E-state index contributed by atoms with van der Waals surface area (Å²) in [5.41, 5.74) is 4.88. The quantitative estimate of drug-likeness (QED) is 0.343. The number of halogens is 1. The molecule has 1 N–H and O–H groups in total. The first-order chi connectivity index (χ1) is 17.6. The van der Waals surface area contributed by atoms with E-state index in [-0.39, 0.29) is 5.91 Å². The number of nitrogens with one attached hydrogen (secondary N) is 1. The summed E-state index contributed by atoms with van der Waals surface area (Å²) in [5.74, 6) is 1.52. The minimum atomic E-state index is 0.0363. The number of hydrogen-bond donors (Lipinski definition) is 1. The fourth-order valence-corrected chi connectivity index (χ4v) is 4.76. The predicted octanol–water partition coefficient (Wildman–Crippen LogP) is 5.82. The van der Waals surface area contributed by atoms with Crippen molar-refractivity contribution in [3.05, 3.63) is 76.9 Å². The van der Waals surface area contributed by atoms with Gasteiger partial charge in [0.1, 0.15) is 11.5 Å². The van der Waals surface area contributed by atoms with Gasteiger partial charge in [0, 0.05) is 47.2 Å². The zero-order valence-corrected chi connectivity index (χ0v) is 21.0. The number of amides is 1. The highest BCUT2D eigenvalue weighted by atomic mass is 35.5. The van der Waals surface area contributed by atoms with Gasteiger partial charge in [-0.3, -0.25) is 4.79 Å². The first kappa shape index (κ1) is 23.9. The van der Waals surface area contributed by atoms with Gasteiger partial charge >= 0.3 is 0 Å². The van der Waals surface area contributed by atoms with Gasteiger partial charge in [0.25, 0.3) is 5.91 Å². The molecule has 0 spiro atoms. The Morgan fingerprint density at radius 1 is 1.03 bits per heavy atom. The van der Waals surface area contributed by atoms with E-state index in [0.717, 1.165) is 70.7 Å². The maximum atomic E-state index is 13.2. The van der Waals surface area contributed by atoms with E-state index in [4.69, 9.17) is 21.1 Å². The fourth-order valence-electron chi connectivity index (χ4n) is 4.59. The first-order valence-electron chi connectivity index (χ1n) is 11.9. The van der Waals surface area contributed by atoms with Gasteiger partial charge in [-0.1, -0.05) is 17.7 Å². The van der Waals surface area contributed by atoms with E-state index >= 15 is 0 Å². The lowest BCUT2D eigenvalue weighted by atomic mass is 9.97. The van der Waals surface area contributed by atoms with Crippen LogP contribution >= 0.6 is 11.6 Å². The lowest BCUT2D eigenvalue weighted by Gasteiger charge is -2.18. The number of carbonyl (C=O) groups excluding carboxylic acids is 1. The van der Waals surface area contributed by atoms with Gasteiger partial charge in [-0.2, -0.15) is 10.2 Å². The van der Waals surface area contributed by atoms with Crippen LogP contribution in [0.3, 0.4) is 0 Å². The number of methoxy groups -OCH3 is 2. The predicted molar refractivity (Wildman–Crippen MR) is 142 cm³/mol. The molecule has 5 rings (SSSR count). The van der Waals surface area contributed by atoms with Crippen molar-refractivity contribution in [3.63, 3.8) is 0 Å². The number of likely N-dealkylation sites (tertiary alicyclic amines) is 1. The Morgan fingerprint density at radius 2 is 1.86 bits per heavy atom. The Balaban J connectivity index is 1.45. The molecule has 0 bridgehead atoms. The molecular formula is C28H27ClN4O3. The second-order valence-electron chi connectivity index (χ2n) is 8.71. The molecule has 1 aromatic heterocycles. The van der Waals surface area contributed by atoms with Crippen LogP contribution in [-0.4, -0.2) is 48.3 Å². The van der Waals surface area contributed by atoms with Crippen molar-refractivity contribution in [1.82, 2.24) is 15.1 Å². The Kier molecular flexibility index (Phi) is 6.91. The molecule has 7 nitrogen and oxygen atoms in total. The van der Waals surface area contributed by atoms with Crippen LogP contribution in [-0.2, 0) is 6.54 Å². The fraction of sp³-hybridized carbons (Fsp3) is 0.250. The van der Waals surface area contributed by atoms with Gasteiger partial charge in [-0.15, -0.1) is 0 Å². The number of rotatable bonds is 7. The van der Waals surface area contributed by atoms with E-state index in [1.54, 1.807) is 26.5 Å². The molecule has 0 radical (unpaired) electrons. The van der Waals surface area contributed by atoms with Crippen LogP contribution in [0, 0.1) is 0 Å². The summed E-state index contributed by atoms with van der Waals surface area (Å²) < 4.78 is 10.8. The number of fused-ring (bicyclic) bond motifs is 1. The highest BCUT2D eigenvalue weighted by Gasteiger charge is 2.23. The maximum absolute atomic E-state index is 13.2. The number of ether oxygens (including phenoxy) is 2. The second-order valence-corrected chi connectivity index (χ2v) is 9.15. The Morgan fingerprint density at radius 3 is 2.64 bits per heavy atom. The molecule has 1 saturated heterocycles. The van der Waals surface area contributed by atoms with Crippen LogP contribution in [0.2, 0.25) is 5.02 Å². The lowest BCUT2D eigenvalue weighted by molar-refractivity contribution is 0.0793. The molecule has 8 heteroatoms. The van der Waals surface area contributed by atoms with E-state index in [0.29, 0.717) is 17.1 Å². The Labute approximate surface area is 215 Å². The maximum Gasteiger partial charge on any atom is 0.254 e. The summed E-state index contributed by atoms with van der Waals surface area (Å²) in [7, 11) is 3.27. The third kappa shape index (κ3) is 4.79. The average Bonchev–Trinajstić information content (AvgIpc) is 3.46. The van der Waals surface area contributed by atoms with Crippen molar-refractivity contribution in [1.29, 1.82) is 0 Å². The van der Waals surface area contributed by atoms with E-state index in [9.17, 15) is 4.79 Å². The molecule has 0 aliphatic carbocycles. The van der Waals surface area contributed by atoms with Crippen molar-refractivity contribution in [2.75, 3.05) is 32.6 Å². The molecule has 1 fully saturated rings. The standard InChI is InChI=1S/C28H27ClN4O3/c1-35-21-8-5-19(27(15-21)36-2)16-30-26-17-31-32-25-13-18(6-9-23(25)26)24-14-20(29)7-10-22(24)28(34)33-11-3-4-12-33/h5-10,13-15,17H,3-4,11-12,16H2,1-2H3,(H,30,32). The average molecular weight is 503 g/mol. The SMILES string of the molecule is COc1ccc(CNc2cnnc3cc(-c4cc(Cl)ccc4C(=O)N4CCCC4)ccc23)c(OC)c1. The third-order valence-corrected chi connectivity index (χ3v) is 6.76. The van der Waals surface area contributed by atoms with Crippen LogP contribution in [0.25, 0.3) is 22.0 Å². The molecule has 1 aliphatic heterocycles. The molecule has 4 aromatic rings. The summed E-state index contributed by atoms with van der Waals surface area (Å²) >= 11 is 6.34. The van der Waals surface area contributed by atoms with Gasteiger partial charge in [0.05, 0.1) is 31.6 Å². The number of anilines is 1. The summed E-state index contributed by atoms with van der Waals surface area (Å²) in [5, 5.41) is 13.5. The molecule has 0 saturated carbocycles.